The number of ether oxygens (including phenoxy) is 3. The number of aliphatic hydroxyl groups is 2. The third kappa shape index (κ3) is 11.0. The Morgan fingerprint density at radius 2 is 1.33 bits per heavy atom. The van der Waals surface area contributed by atoms with E-state index in [0.717, 1.165) is 19.4 Å². The molecule has 6 heteroatoms. The summed E-state index contributed by atoms with van der Waals surface area (Å²) in [6, 6.07) is 0. The molecule has 0 aliphatic rings. The number of hydrogen-bond acceptors (Lipinski definition) is 6. The topological polar surface area (TPSA) is 80.2 Å². The maximum absolute atomic E-state index is 9.26. The molecule has 3 N–H and O–H groups in total. The molecule has 0 amide bonds. The van der Waals surface area contributed by atoms with Crippen molar-refractivity contribution in [1.82, 2.24) is 5.32 Å². The quantitative estimate of drug-likeness (QED) is 0.362. The van der Waals surface area contributed by atoms with Gasteiger partial charge in [0.05, 0.1) is 51.8 Å². The second-order valence-electron chi connectivity index (χ2n) is 5.07. The fourth-order valence-electron chi connectivity index (χ4n) is 1.69. The van der Waals surface area contributed by atoms with Gasteiger partial charge in [-0.05, 0) is 12.8 Å². The van der Waals surface area contributed by atoms with Gasteiger partial charge in [-0.1, -0.05) is 20.3 Å². The van der Waals surface area contributed by atoms with Crippen LogP contribution in [0, 0.1) is 0 Å². The molecule has 0 rings (SSSR count). The van der Waals surface area contributed by atoms with Crippen molar-refractivity contribution in [3.05, 3.63) is 0 Å². The molecule has 0 heterocycles. The molecule has 0 aromatic carbocycles. The minimum atomic E-state index is -0.602. The average molecular weight is 307 g/mol. The fourth-order valence-corrected chi connectivity index (χ4v) is 1.69. The first-order valence-corrected chi connectivity index (χ1v) is 7.94. The highest BCUT2D eigenvalue weighted by atomic mass is 16.5. The molecule has 0 bridgehead atoms. The summed E-state index contributed by atoms with van der Waals surface area (Å²) in [4.78, 5) is 0. The second kappa shape index (κ2) is 14.7. The standard InChI is InChI=1S/C15H33NO5/c1-3-5-7-19-9-11-21-12-10-20-8-6-16-15(4-2,13-17)14-18/h16-18H,3-14H2,1-2H3. The number of rotatable bonds is 16. The minimum Gasteiger partial charge on any atom is -0.394 e. The van der Waals surface area contributed by atoms with Crippen molar-refractivity contribution in [2.24, 2.45) is 0 Å². The van der Waals surface area contributed by atoms with Crippen LogP contribution in [0.25, 0.3) is 0 Å². The summed E-state index contributed by atoms with van der Waals surface area (Å²) >= 11 is 0. The molecule has 21 heavy (non-hydrogen) atoms. The van der Waals surface area contributed by atoms with Crippen LogP contribution in [0.1, 0.15) is 33.1 Å². The lowest BCUT2D eigenvalue weighted by atomic mass is 9.99. The molecule has 0 saturated heterocycles. The first kappa shape index (κ1) is 20.8. The molecule has 0 aliphatic heterocycles. The van der Waals surface area contributed by atoms with Crippen molar-refractivity contribution in [2.75, 3.05) is 59.4 Å². The van der Waals surface area contributed by atoms with Gasteiger partial charge in [0.2, 0.25) is 0 Å². The molecule has 0 atom stereocenters. The summed E-state index contributed by atoms with van der Waals surface area (Å²) < 4.78 is 16.2. The summed E-state index contributed by atoms with van der Waals surface area (Å²) in [5.41, 5.74) is -0.602. The van der Waals surface area contributed by atoms with E-state index in [0.29, 0.717) is 46.0 Å². The van der Waals surface area contributed by atoms with E-state index in [4.69, 9.17) is 14.2 Å². The SMILES string of the molecule is CCCCOCCOCCOCCNC(CC)(CO)CO. The maximum atomic E-state index is 9.26. The summed E-state index contributed by atoms with van der Waals surface area (Å²) in [6.07, 6.45) is 2.91. The zero-order valence-corrected chi connectivity index (χ0v) is 13.6. The van der Waals surface area contributed by atoms with E-state index in [1.807, 2.05) is 6.92 Å². The van der Waals surface area contributed by atoms with Crippen molar-refractivity contribution in [3.63, 3.8) is 0 Å². The third-order valence-electron chi connectivity index (χ3n) is 3.41. The molecule has 128 valence electrons. The molecule has 0 aliphatic carbocycles. The molecule has 0 aromatic rings. The van der Waals surface area contributed by atoms with Crippen LogP contribution in [0.2, 0.25) is 0 Å². The predicted octanol–water partition coefficient (Wildman–Crippen LogP) is 0.559. The minimum absolute atomic E-state index is 0.0822. The van der Waals surface area contributed by atoms with Gasteiger partial charge in [0, 0.05) is 13.2 Å². The van der Waals surface area contributed by atoms with Crippen molar-refractivity contribution in [3.8, 4) is 0 Å². The largest absolute Gasteiger partial charge is 0.394 e. The Balaban J connectivity index is 3.29. The summed E-state index contributed by atoms with van der Waals surface area (Å²) in [6.45, 7) is 8.14. The van der Waals surface area contributed by atoms with Gasteiger partial charge in [0.15, 0.2) is 0 Å². The van der Waals surface area contributed by atoms with Crippen LogP contribution < -0.4 is 5.32 Å². The molecular weight excluding hydrogens is 274 g/mol. The highest BCUT2D eigenvalue weighted by Crippen LogP contribution is 2.07. The zero-order valence-electron chi connectivity index (χ0n) is 13.6. The van der Waals surface area contributed by atoms with E-state index in [2.05, 4.69) is 12.2 Å². The van der Waals surface area contributed by atoms with E-state index in [1.54, 1.807) is 0 Å². The lowest BCUT2D eigenvalue weighted by Gasteiger charge is -2.29. The van der Waals surface area contributed by atoms with E-state index < -0.39 is 5.54 Å². The van der Waals surface area contributed by atoms with Crippen LogP contribution >= 0.6 is 0 Å². The molecule has 0 radical (unpaired) electrons. The molecule has 0 fully saturated rings. The Kier molecular flexibility index (Phi) is 14.5. The summed E-state index contributed by atoms with van der Waals surface area (Å²) in [7, 11) is 0. The molecular formula is C15H33NO5. The van der Waals surface area contributed by atoms with Crippen LogP contribution in [0.3, 0.4) is 0 Å². The molecule has 0 saturated carbocycles. The number of hydrogen-bond donors (Lipinski definition) is 3. The van der Waals surface area contributed by atoms with Gasteiger partial charge in [-0.3, -0.25) is 0 Å². The van der Waals surface area contributed by atoms with Gasteiger partial charge in [0.25, 0.3) is 0 Å². The first-order valence-electron chi connectivity index (χ1n) is 7.94. The number of aliphatic hydroxyl groups excluding tert-OH is 2. The zero-order chi connectivity index (χ0) is 15.8. The smallest absolute Gasteiger partial charge is 0.0701 e. The van der Waals surface area contributed by atoms with Crippen LogP contribution in [0.4, 0.5) is 0 Å². The van der Waals surface area contributed by atoms with Crippen molar-refractivity contribution < 1.29 is 24.4 Å². The predicted molar refractivity (Wildman–Crippen MR) is 82.6 cm³/mol. The lowest BCUT2D eigenvalue weighted by molar-refractivity contribution is 0.0117. The van der Waals surface area contributed by atoms with Crippen molar-refractivity contribution >= 4 is 0 Å². The monoisotopic (exact) mass is 307 g/mol. The van der Waals surface area contributed by atoms with Gasteiger partial charge < -0.3 is 29.7 Å². The van der Waals surface area contributed by atoms with Crippen LogP contribution in [0.15, 0.2) is 0 Å². The van der Waals surface area contributed by atoms with Gasteiger partial charge >= 0.3 is 0 Å². The van der Waals surface area contributed by atoms with Crippen molar-refractivity contribution in [1.29, 1.82) is 0 Å². The third-order valence-corrected chi connectivity index (χ3v) is 3.41. The van der Waals surface area contributed by atoms with Crippen LogP contribution in [-0.2, 0) is 14.2 Å². The van der Waals surface area contributed by atoms with Gasteiger partial charge in [-0.15, -0.1) is 0 Å². The first-order chi connectivity index (χ1) is 10.2. The fraction of sp³-hybridized carbons (Fsp3) is 1.00. The van der Waals surface area contributed by atoms with Crippen molar-refractivity contribution in [2.45, 2.75) is 38.6 Å². The summed E-state index contributed by atoms with van der Waals surface area (Å²) in [5.74, 6) is 0. The van der Waals surface area contributed by atoms with E-state index >= 15 is 0 Å². The Morgan fingerprint density at radius 1 is 0.810 bits per heavy atom. The Hall–Kier alpha value is -0.240. The summed E-state index contributed by atoms with van der Waals surface area (Å²) in [5, 5.41) is 21.6. The van der Waals surface area contributed by atoms with Gasteiger partial charge in [-0.2, -0.15) is 0 Å². The van der Waals surface area contributed by atoms with E-state index in [-0.39, 0.29) is 13.2 Å². The van der Waals surface area contributed by atoms with E-state index in [9.17, 15) is 10.2 Å². The Morgan fingerprint density at radius 3 is 1.81 bits per heavy atom. The average Bonchev–Trinajstić information content (AvgIpc) is 2.53. The number of nitrogens with one attached hydrogen (secondary N) is 1. The highest BCUT2D eigenvalue weighted by molar-refractivity contribution is 4.84. The molecule has 0 spiro atoms. The molecule has 0 aromatic heterocycles. The lowest BCUT2D eigenvalue weighted by Crippen LogP contribution is -2.52. The normalized spacial score (nSPS) is 12.0. The number of unbranched alkanes of at least 4 members (excludes halogenated alkanes) is 1. The maximum Gasteiger partial charge on any atom is 0.0701 e. The second-order valence-corrected chi connectivity index (χ2v) is 5.07. The van der Waals surface area contributed by atoms with Gasteiger partial charge in [0.1, 0.15) is 0 Å². The van der Waals surface area contributed by atoms with E-state index in [1.165, 1.54) is 0 Å². The molecule has 6 nitrogen and oxygen atoms in total. The Bertz CT molecular complexity index is 204. The van der Waals surface area contributed by atoms with Crippen LogP contribution in [-0.4, -0.2) is 75.2 Å². The molecule has 0 unspecified atom stereocenters. The van der Waals surface area contributed by atoms with Gasteiger partial charge in [-0.25, -0.2) is 0 Å². The van der Waals surface area contributed by atoms with Crippen LogP contribution in [0.5, 0.6) is 0 Å². The Labute approximate surface area is 128 Å². The highest BCUT2D eigenvalue weighted by Gasteiger charge is 2.25.